The summed E-state index contributed by atoms with van der Waals surface area (Å²) in [7, 11) is 0. The van der Waals surface area contributed by atoms with E-state index in [9.17, 15) is 9.59 Å². The van der Waals surface area contributed by atoms with Gasteiger partial charge in [0, 0.05) is 18.3 Å². The number of alkyl halides is 1. The van der Waals surface area contributed by atoms with Gasteiger partial charge in [0.05, 0.1) is 6.54 Å². The van der Waals surface area contributed by atoms with E-state index in [1.807, 2.05) is 6.92 Å². The predicted molar refractivity (Wildman–Crippen MR) is 64.0 cm³/mol. The third kappa shape index (κ3) is 9.72. The Bertz CT molecular complexity index is 198. The maximum Gasteiger partial charge on any atom is 0.239 e. The third-order valence-corrected chi connectivity index (χ3v) is 2.37. The second-order valence-corrected chi connectivity index (χ2v) is 4.07. The van der Waals surface area contributed by atoms with Crippen molar-refractivity contribution in [3.8, 4) is 0 Å². The molecule has 0 fully saturated rings. The molecule has 0 radical (unpaired) electrons. The maximum absolute atomic E-state index is 11.2. The minimum Gasteiger partial charge on any atom is -0.355 e. The molecule has 0 spiro atoms. The van der Waals surface area contributed by atoms with Crippen LogP contribution in [0.5, 0.6) is 0 Å². The van der Waals surface area contributed by atoms with Gasteiger partial charge in [0.2, 0.25) is 11.8 Å². The van der Waals surface area contributed by atoms with Crippen LogP contribution in [0.15, 0.2) is 0 Å². The topological polar surface area (TPSA) is 58.2 Å². The summed E-state index contributed by atoms with van der Waals surface area (Å²) in [5, 5.41) is 6.19. The minimum absolute atomic E-state index is 0.0531. The van der Waals surface area contributed by atoms with Crippen molar-refractivity contribution < 1.29 is 9.59 Å². The maximum atomic E-state index is 11.2. The van der Waals surface area contributed by atoms with Gasteiger partial charge < -0.3 is 10.6 Å². The van der Waals surface area contributed by atoms with Crippen molar-refractivity contribution in [3.63, 3.8) is 0 Å². The van der Waals surface area contributed by atoms with Gasteiger partial charge in [0.15, 0.2) is 0 Å². The van der Waals surface area contributed by atoms with Crippen molar-refractivity contribution in [3.05, 3.63) is 0 Å². The first kappa shape index (κ1) is 14.4. The van der Waals surface area contributed by atoms with E-state index in [-0.39, 0.29) is 18.4 Å². The van der Waals surface area contributed by atoms with Crippen LogP contribution in [-0.2, 0) is 9.59 Å². The monoisotopic (exact) mass is 278 g/mol. The minimum atomic E-state index is -0.120. The molecule has 0 saturated heterocycles. The lowest BCUT2D eigenvalue weighted by Gasteiger charge is -2.05. The second-order valence-electron chi connectivity index (χ2n) is 3.27. The molecule has 0 aliphatic rings. The summed E-state index contributed by atoms with van der Waals surface area (Å²) in [5.74, 6) is -0.173. The van der Waals surface area contributed by atoms with Gasteiger partial charge in [-0.2, -0.15) is 0 Å². The first-order valence-electron chi connectivity index (χ1n) is 5.30. The highest BCUT2D eigenvalue weighted by Crippen LogP contribution is 1.97. The van der Waals surface area contributed by atoms with Crippen LogP contribution in [0.2, 0.25) is 0 Å². The molecule has 0 atom stereocenters. The Labute approximate surface area is 99.3 Å². The molecular formula is C10H19BrN2O2. The molecule has 15 heavy (non-hydrogen) atoms. The Hall–Kier alpha value is -0.580. The molecule has 2 N–H and O–H groups in total. The highest BCUT2D eigenvalue weighted by atomic mass is 79.9. The summed E-state index contributed by atoms with van der Waals surface area (Å²) < 4.78 is 0. The number of carbonyl (C=O) groups is 2. The third-order valence-electron chi connectivity index (χ3n) is 1.81. The fraction of sp³-hybridized carbons (Fsp3) is 0.800. The molecule has 0 saturated carbocycles. The van der Waals surface area contributed by atoms with E-state index < -0.39 is 0 Å². The fourth-order valence-electron chi connectivity index (χ4n) is 0.974. The van der Waals surface area contributed by atoms with Gasteiger partial charge in [-0.05, 0) is 19.3 Å². The molecule has 0 unspecified atom stereocenters. The van der Waals surface area contributed by atoms with Gasteiger partial charge in [0.25, 0.3) is 0 Å². The smallest absolute Gasteiger partial charge is 0.239 e. The van der Waals surface area contributed by atoms with Gasteiger partial charge >= 0.3 is 0 Å². The van der Waals surface area contributed by atoms with E-state index in [0.29, 0.717) is 13.0 Å². The largest absolute Gasteiger partial charge is 0.355 e. The molecule has 0 aromatic heterocycles. The lowest BCUT2D eigenvalue weighted by atomic mass is 10.2. The van der Waals surface area contributed by atoms with E-state index >= 15 is 0 Å². The molecule has 4 nitrogen and oxygen atoms in total. The van der Waals surface area contributed by atoms with Crippen LogP contribution in [-0.4, -0.2) is 30.2 Å². The number of unbranched alkanes of at least 4 members (excludes halogenated alkanes) is 1. The first-order valence-corrected chi connectivity index (χ1v) is 6.42. The molecule has 88 valence electrons. The van der Waals surface area contributed by atoms with Gasteiger partial charge in [-0.3, -0.25) is 9.59 Å². The molecule has 0 heterocycles. The Balaban J connectivity index is 3.40. The Morgan fingerprint density at radius 3 is 2.47 bits per heavy atom. The van der Waals surface area contributed by atoms with Crippen molar-refractivity contribution in [2.45, 2.75) is 32.6 Å². The zero-order valence-electron chi connectivity index (χ0n) is 9.14. The number of amides is 2. The van der Waals surface area contributed by atoms with Gasteiger partial charge in [-0.15, -0.1) is 0 Å². The van der Waals surface area contributed by atoms with Crippen molar-refractivity contribution in [1.29, 1.82) is 0 Å². The number of halogens is 1. The summed E-state index contributed by atoms with van der Waals surface area (Å²) in [4.78, 5) is 22.3. The lowest BCUT2D eigenvalue weighted by Crippen LogP contribution is -2.37. The zero-order chi connectivity index (χ0) is 11.5. The summed E-state index contributed by atoms with van der Waals surface area (Å²) in [5.41, 5.74) is 0. The van der Waals surface area contributed by atoms with Crippen LogP contribution in [0.4, 0.5) is 0 Å². The SMILES string of the molecule is CCCNC(=O)CNC(=O)CCCCBr. The van der Waals surface area contributed by atoms with E-state index in [1.165, 1.54) is 0 Å². The Kier molecular flexibility index (Phi) is 9.57. The number of hydrogen-bond donors (Lipinski definition) is 2. The van der Waals surface area contributed by atoms with Crippen LogP contribution in [0, 0.1) is 0 Å². The summed E-state index contributed by atoms with van der Waals surface area (Å²) in [6.07, 6.45) is 3.24. The molecule has 0 bridgehead atoms. The normalized spacial score (nSPS) is 9.73. The molecule has 0 aromatic rings. The van der Waals surface area contributed by atoms with Crippen LogP contribution >= 0.6 is 15.9 Å². The fourth-order valence-corrected chi connectivity index (χ4v) is 1.37. The summed E-state index contributed by atoms with van der Waals surface area (Å²) in [6, 6.07) is 0. The molecule has 0 aliphatic carbocycles. The molecule has 5 heteroatoms. The van der Waals surface area contributed by atoms with E-state index in [4.69, 9.17) is 0 Å². The number of rotatable bonds is 8. The first-order chi connectivity index (χ1) is 7.20. The zero-order valence-corrected chi connectivity index (χ0v) is 10.7. The standard InChI is InChI=1S/C10H19BrN2O2/c1-2-7-12-10(15)8-13-9(14)5-3-4-6-11/h2-8H2,1H3,(H,12,15)(H,13,14). The molecule has 0 aliphatic heterocycles. The van der Waals surface area contributed by atoms with E-state index in [0.717, 1.165) is 24.6 Å². The summed E-state index contributed by atoms with van der Waals surface area (Å²) >= 11 is 3.29. The number of nitrogens with one attached hydrogen (secondary N) is 2. The Morgan fingerprint density at radius 1 is 1.13 bits per heavy atom. The van der Waals surface area contributed by atoms with Crippen molar-refractivity contribution in [2.24, 2.45) is 0 Å². The Morgan fingerprint density at radius 2 is 1.87 bits per heavy atom. The van der Waals surface area contributed by atoms with Crippen LogP contribution < -0.4 is 10.6 Å². The molecular weight excluding hydrogens is 260 g/mol. The quantitative estimate of drug-likeness (QED) is 0.518. The lowest BCUT2D eigenvalue weighted by molar-refractivity contribution is -0.126. The van der Waals surface area contributed by atoms with Crippen molar-refractivity contribution >= 4 is 27.7 Å². The van der Waals surface area contributed by atoms with Crippen molar-refractivity contribution in [1.82, 2.24) is 10.6 Å². The van der Waals surface area contributed by atoms with Crippen LogP contribution in [0.3, 0.4) is 0 Å². The van der Waals surface area contributed by atoms with Crippen molar-refractivity contribution in [2.75, 3.05) is 18.4 Å². The van der Waals surface area contributed by atoms with E-state index in [1.54, 1.807) is 0 Å². The predicted octanol–water partition coefficient (Wildman–Crippen LogP) is 1.19. The average molecular weight is 279 g/mol. The van der Waals surface area contributed by atoms with Gasteiger partial charge in [-0.1, -0.05) is 22.9 Å². The molecule has 2 amide bonds. The van der Waals surface area contributed by atoms with Crippen LogP contribution in [0.25, 0.3) is 0 Å². The van der Waals surface area contributed by atoms with Gasteiger partial charge in [-0.25, -0.2) is 0 Å². The molecule has 0 rings (SSSR count). The van der Waals surface area contributed by atoms with E-state index in [2.05, 4.69) is 26.6 Å². The molecule has 0 aromatic carbocycles. The van der Waals surface area contributed by atoms with Crippen LogP contribution in [0.1, 0.15) is 32.6 Å². The highest BCUT2D eigenvalue weighted by Gasteiger charge is 2.03. The highest BCUT2D eigenvalue weighted by molar-refractivity contribution is 9.09. The summed E-state index contributed by atoms with van der Waals surface area (Å²) in [6.45, 7) is 2.74. The second kappa shape index (κ2) is 9.96. The number of hydrogen-bond acceptors (Lipinski definition) is 2. The number of carbonyl (C=O) groups excluding carboxylic acids is 2. The van der Waals surface area contributed by atoms with Gasteiger partial charge in [0.1, 0.15) is 0 Å². The average Bonchev–Trinajstić information content (AvgIpc) is 2.24.